The second kappa shape index (κ2) is 6.82. The standard InChI is InChI=1S/C13H19N3O3/c1-4-11-10(8-9(3)14-15-11)13(19)16(5-2)7-6-12(17)18/h8H,4-7H2,1-3H3,(H,17,18). The number of aryl methyl sites for hydroxylation is 2. The summed E-state index contributed by atoms with van der Waals surface area (Å²) in [6, 6.07) is 1.71. The molecule has 6 heteroatoms. The third kappa shape index (κ3) is 4.01. The molecule has 0 unspecified atom stereocenters. The van der Waals surface area contributed by atoms with Crippen molar-refractivity contribution in [3.05, 3.63) is 23.0 Å². The first-order valence-electron chi connectivity index (χ1n) is 6.33. The maximum Gasteiger partial charge on any atom is 0.305 e. The summed E-state index contributed by atoms with van der Waals surface area (Å²) < 4.78 is 0. The first-order chi connectivity index (χ1) is 8.99. The second-order valence-electron chi connectivity index (χ2n) is 4.23. The summed E-state index contributed by atoms with van der Waals surface area (Å²) in [6.45, 7) is 6.18. The van der Waals surface area contributed by atoms with Gasteiger partial charge in [-0.05, 0) is 26.3 Å². The lowest BCUT2D eigenvalue weighted by Crippen LogP contribution is -2.33. The van der Waals surface area contributed by atoms with E-state index in [1.165, 1.54) is 4.90 Å². The van der Waals surface area contributed by atoms with Crippen molar-refractivity contribution in [1.82, 2.24) is 15.1 Å². The molecule has 0 aliphatic carbocycles. The summed E-state index contributed by atoms with van der Waals surface area (Å²) in [6.07, 6.45) is 0.559. The van der Waals surface area contributed by atoms with Crippen molar-refractivity contribution >= 4 is 11.9 Å². The van der Waals surface area contributed by atoms with E-state index >= 15 is 0 Å². The lowest BCUT2D eigenvalue weighted by Gasteiger charge is -2.21. The van der Waals surface area contributed by atoms with E-state index in [0.717, 1.165) is 0 Å². The zero-order chi connectivity index (χ0) is 14.4. The SMILES string of the molecule is CCc1nnc(C)cc1C(=O)N(CC)CCC(=O)O. The fourth-order valence-electron chi connectivity index (χ4n) is 1.76. The number of aromatic nitrogens is 2. The maximum absolute atomic E-state index is 12.4. The van der Waals surface area contributed by atoms with Gasteiger partial charge in [0, 0.05) is 13.1 Å². The third-order valence-corrected chi connectivity index (χ3v) is 2.82. The van der Waals surface area contributed by atoms with Gasteiger partial charge in [-0.2, -0.15) is 10.2 Å². The number of amides is 1. The molecule has 104 valence electrons. The Bertz CT molecular complexity index is 474. The van der Waals surface area contributed by atoms with Crippen molar-refractivity contribution in [3.8, 4) is 0 Å². The Kier molecular flexibility index (Phi) is 5.41. The number of hydrogen-bond acceptors (Lipinski definition) is 4. The van der Waals surface area contributed by atoms with Gasteiger partial charge in [-0.3, -0.25) is 9.59 Å². The van der Waals surface area contributed by atoms with Crippen LogP contribution in [0.15, 0.2) is 6.07 Å². The largest absolute Gasteiger partial charge is 0.481 e. The molecule has 0 saturated heterocycles. The summed E-state index contributed by atoms with van der Waals surface area (Å²) in [7, 11) is 0. The molecule has 0 aliphatic heterocycles. The molecule has 0 radical (unpaired) electrons. The summed E-state index contributed by atoms with van der Waals surface area (Å²) >= 11 is 0. The van der Waals surface area contributed by atoms with Crippen LogP contribution in [0.25, 0.3) is 0 Å². The van der Waals surface area contributed by atoms with Crippen molar-refractivity contribution in [3.63, 3.8) is 0 Å². The Hall–Kier alpha value is -1.98. The highest BCUT2D eigenvalue weighted by molar-refractivity contribution is 5.95. The van der Waals surface area contributed by atoms with E-state index in [0.29, 0.717) is 29.9 Å². The minimum absolute atomic E-state index is 0.0570. The summed E-state index contributed by atoms with van der Waals surface area (Å²) in [5.74, 6) is -1.09. The first kappa shape index (κ1) is 15.1. The number of aliphatic carboxylic acids is 1. The first-order valence-corrected chi connectivity index (χ1v) is 6.33. The Balaban J connectivity index is 2.96. The lowest BCUT2D eigenvalue weighted by molar-refractivity contribution is -0.137. The zero-order valence-electron chi connectivity index (χ0n) is 11.5. The van der Waals surface area contributed by atoms with Gasteiger partial charge in [0.1, 0.15) is 0 Å². The Morgan fingerprint density at radius 1 is 1.32 bits per heavy atom. The fraction of sp³-hybridized carbons (Fsp3) is 0.538. The van der Waals surface area contributed by atoms with E-state index in [1.54, 1.807) is 13.0 Å². The van der Waals surface area contributed by atoms with Crippen molar-refractivity contribution in [2.75, 3.05) is 13.1 Å². The molecule has 0 aliphatic rings. The Labute approximate surface area is 112 Å². The number of nitrogens with zero attached hydrogens (tertiary/aromatic N) is 3. The van der Waals surface area contributed by atoms with Crippen LogP contribution in [0.3, 0.4) is 0 Å². The van der Waals surface area contributed by atoms with Gasteiger partial charge in [-0.1, -0.05) is 6.92 Å². The van der Waals surface area contributed by atoms with Crippen LogP contribution in [0, 0.1) is 6.92 Å². The van der Waals surface area contributed by atoms with Crippen molar-refractivity contribution in [2.24, 2.45) is 0 Å². The van der Waals surface area contributed by atoms with Crippen LogP contribution in [0.4, 0.5) is 0 Å². The highest BCUT2D eigenvalue weighted by atomic mass is 16.4. The highest BCUT2D eigenvalue weighted by Gasteiger charge is 2.19. The maximum atomic E-state index is 12.4. The minimum Gasteiger partial charge on any atom is -0.481 e. The van der Waals surface area contributed by atoms with E-state index in [-0.39, 0.29) is 18.9 Å². The Morgan fingerprint density at radius 2 is 2.00 bits per heavy atom. The molecule has 1 aromatic heterocycles. The van der Waals surface area contributed by atoms with E-state index in [4.69, 9.17) is 5.11 Å². The number of rotatable bonds is 6. The van der Waals surface area contributed by atoms with Crippen LogP contribution in [0.5, 0.6) is 0 Å². The molecular formula is C13H19N3O3. The van der Waals surface area contributed by atoms with Crippen LogP contribution >= 0.6 is 0 Å². The van der Waals surface area contributed by atoms with Gasteiger partial charge in [-0.25, -0.2) is 0 Å². The van der Waals surface area contributed by atoms with Gasteiger partial charge in [0.15, 0.2) is 0 Å². The number of carbonyl (C=O) groups excluding carboxylic acids is 1. The quantitative estimate of drug-likeness (QED) is 0.837. The average molecular weight is 265 g/mol. The van der Waals surface area contributed by atoms with Crippen LogP contribution < -0.4 is 0 Å². The monoisotopic (exact) mass is 265 g/mol. The van der Waals surface area contributed by atoms with Crippen molar-refractivity contribution < 1.29 is 14.7 Å². The molecule has 0 saturated carbocycles. The molecule has 1 aromatic rings. The number of carbonyl (C=O) groups is 2. The topological polar surface area (TPSA) is 83.4 Å². The fourth-order valence-corrected chi connectivity index (χ4v) is 1.76. The number of carboxylic acid groups (broad SMARTS) is 1. The van der Waals surface area contributed by atoms with Crippen LogP contribution in [0.2, 0.25) is 0 Å². The normalized spacial score (nSPS) is 10.3. The predicted molar refractivity (Wildman–Crippen MR) is 70.0 cm³/mol. The van der Waals surface area contributed by atoms with Gasteiger partial charge >= 0.3 is 5.97 Å². The molecule has 1 N–H and O–H groups in total. The van der Waals surface area contributed by atoms with Crippen LogP contribution in [-0.4, -0.2) is 45.2 Å². The minimum atomic E-state index is -0.911. The molecule has 0 atom stereocenters. The van der Waals surface area contributed by atoms with Crippen molar-refractivity contribution in [1.29, 1.82) is 0 Å². The summed E-state index contributed by atoms with van der Waals surface area (Å²) in [5, 5.41) is 16.6. The third-order valence-electron chi connectivity index (χ3n) is 2.82. The second-order valence-corrected chi connectivity index (χ2v) is 4.23. The lowest BCUT2D eigenvalue weighted by atomic mass is 10.1. The molecule has 0 spiro atoms. The number of carboxylic acids is 1. The average Bonchev–Trinajstić information content (AvgIpc) is 2.38. The Morgan fingerprint density at radius 3 is 2.53 bits per heavy atom. The smallest absolute Gasteiger partial charge is 0.305 e. The van der Waals surface area contributed by atoms with Crippen molar-refractivity contribution in [2.45, 2.75) is 33.6 Å². The van der Waals surface area contributed by atoms with Gasteiger partial charge in [-0.15, -0.1) is 0 Å². The van der Waals surface area contributed by atoms with Crippen LogP contribution in [0.1, 0.15) is 42.0 Å². The molecule has 19 heavy (non-hydrogen) atoms. The molecule has 0 fully saturated rings. The van der Waals surface area contributed by atoms with E-state index in [9.17, 15) is 9.59 Å². The molecule has 1 rings (SSSR count). The van der Waals surface area contributed by atoms with Crippen LogP contribution in [-0.2, 0) is 11.2 Å². The highest BCUT2D eigenvalue weighted by Crippen LogP contribution is 2.11. The van der Waals surface area contributed by atoms with Gasteiger partial charge in [0.25, 0.3) is 5.91 Å². The van der Waals surface area contributed by atoms with E-state index in [1.807, 2.05) is 13.8 Å². The van der Waals surface area contributed by atoms with Gasteiger partial charge in [0.05, 0.1) is 23.4 Å². The summed E-state index contributed by atoms with van der Waals surface area (Å²) in [5.41, 5.74) is 1.83. The zero-order valence-corrected chi connectivity index (χ0v) is 11.5. The molecular weight excluding hydrogens is 246 g/mol. The summed E-state index contributed by atoms with van der Waals surface area (Å²) in [4.78, 5) is 24.5. The van der Waals surface area contributed by atoms with Gasteiger partial charge in [0.2, 0.25) is 0 Å². The molecule has 0 bridgehead atoms. The van der Waals surface area contributed by atoms with E-state index in [2.05, 4.69) is 10.2 Å². The molecule has 1 heterocycles. The van der Waals surface area contributed by atoms with Gasteiger partial charge < -0.3 is 10.0 Å². The predicted octanol–water partition coefficient (Wildman–Crippen LogP) is 1.28. The molecule has 6 nitrogen and oxygen atoms in total. The van der Waals surface area contributed by atoms with E-state index < -0.39 is 5.97 Å². The molecule has 0 aromatic carbocycles. The molecule has 1 amide bonds. The number of hydrogen-bond donors (Lipinski definition) is 1.